The molecule has 8 heteroatoms. The van der Waals surface area contributed by atoms with Crippen LogP contribution in [0.4, 0.5) is 0 Å². The molecule has 0 saturated carbocycles. The molecule has 0 aliphatic rings. The molecule has 142 valence electrons. The number of hydrogen-bond donors (Lipinski definition) is 2. The zero-order valence-corrected chi connectivity index (χ0v) is 16.2. The molecular formula is C18H24ClN3O3S. The van der Waals surface area contributed by atoms with Crippen LogP contribution in [-0.4, -0.2) is 39.4 Å². The molecule has 0 aromatic heterocycles. The summed E-state index contributed by atoms with van der Waals surface area (Å²) in [6, 6.07) is 15.6. The van der Waals surface area contributed by atoms with Crippen molar-refractivity contribution < 1.29 is 13.2 Å². The van der Waals surface area contributed by atoms with Gasteiger partial charge in [-0.3, -0.25) is 4.79 Å². The van der Waals surface area contributed by atoms with Crippen molar-refractivity contribution in [1.29, 1.82) is 0 Å². The van der Waals surface area contributed by atoms with Crippen molar-refractivity contribution >= 4 is 28.3 Å². The number of halogens is 1. The van der Waals surface area contributed by atoms with Gasteiger partial charge in [0.05, 0.1) is 4.90 Å². The Morgan fingerprint density at radius 1 is 1.08 bits per heavy atom. The zero-order valence-electron chi connectivity index (χ0n) is 14.6. The quantitative estimate of drug-likeness (QED) is 0.712. The Balaban J connectivity index is 0.00000338. The van der Waals surface area contributed by atoms with Crippen LogP contribution in [0.25, 0.3) is 0 Å². The highest BCUT2D eigenvalue weighted by molar-refractivity contribution is 7.89. The number of nitrogens with one attached hydrogen (secondary N) is 1. The highest BCUT2D eigenvalue weighted by Gasteiger charge is 2.17. The summed E-state index contributed by atoms with van der Waals surface area (Å²) in [6.07, 6.45) is 0.699. The average Bonchev–Trinajstić information content (AvgIpc) is 2.65. The molecule has 0 radical (unpaired) electrons. The van der Waals surface area contributed by atoms with E-state index in [-0.39, 0.29) is 23.2 Å². The van der Waals surface area contributed by atoms with Crippen LogP contribution < -0.4 is 10.5 Å². The van der Waals surface area contributed by atoms with Gasteiger partial charge >= 0.3 is 0 Å². The van der Waals surface area contributed by atoms with Gasteiger partial charge in [0.1, 0.15) is 0 Å². The van der Waals surface area contributed by atoms with E-state index < -0.39 is 10.0 Å². The van der Waals surface area contributed by atoms with Crippen LogP contribution in [0.5, 0.6) is 0 Å². The Hall–Kier alpha value is -1.93. The van der Waals surface area contributed by atoms with E-state index in [1.54, 1.807) is 4.90 Å². The first-order chi connectivity index (χ1) is 12.0. The molecule has 0 atom stereocenters. The van der Waals surface area contributed by atoms with Gasteiger partial charge in [-0.1, -0.05) is 30.3 Å². The second-order valence-electron chi connectivity index (χ2n) is 5.59. The average molecular weight is 398 g/mol. The molecular weight excluding hydrogens is 374 g/mol. The van der Waals surface area contributed by atoms with E-state index in [4.69, 9.17) is 5.73 Å². The van der Waals surface area contributed by atoms with Crippen LogP contribution in [0, 0.1) is 0 Å². The van der Waals surface area contributed by atoms with Crippen LogP contribution in [0.3, 0.4) is 0 Å². The van der Waals surface area contributed by atoms with Crippen molar-refractivity contribution in [3.05, 3.63) is 65.7 Å². The third kappa shape index (κ3) is 5.81. The lowest BCUT2D eigenvalue weighted by Crippen LogP contribution is -2.32. The number of nitrogens with two attached hydrogens (primary N) is 1. The molecule has 0 heterocycles. The molecule has 0 bridgehead atoms. The second-order valence-corrected chi connectivity index (χ2v) is 7.47. The summed E-state index contributed by atoms with van der Waals surface area (Å²) >= 11 is 0. The van der Waals surface area contributed by atoms with E-state index in [9.17, 15) is 13.2 Å². The smallest absolute Gasteiger partial charge is 0.254 e. The number of hydrogen-bond acceptors (Lipinski definition) is 4. The van der Waals surface area contributed by atoms with Crippen molar-refractivity contribution in [1.82, 2.24) is 9.62 Å². The second kappa shape index (κ2) is 10.3. The van der Waals surface area contributed by atoms with Crippen LogP contribution in [0.2, 0.25) is 0 Å². The van der Waals surface area contributed by atoms with E-state index in [0.717, 1.165) is 5.56 Å². The lowest BCUT2D eigenvalue weighted by atomic mass is 10.1. The summed E-state index contributed by atoms with van der Waals surface area (Å²) in [6.45, 7) is 1.52. The summed E-state index contributed by atoms with van der Waals surface area (Å²) in [5.74, 6) is -0.147. The van der Waals surface area contributed by atoms with Crippen molar-refractivity contribution in [2.75, 3.05) is 20.1 Å². The predicted octanol–water partition coefficient (Wildman–Crippen LogP) is 2.01. The van der Waals surface area contributed by atoms with Gasteiger partial charge in [0.2, 0.25) is 10.0 Å². The summed E-state index contributed by atoms with van der Waals surface area (Å²) in [4.78, 5) is 14.7. The number of sulfonamides is 1. The first kappa shape index (κ1) is 22.1. The van der Waals surface area contributed by atoms with Crippen LogP contribution >= 0.6 is 12.4 Å². The molecule has 2 aromatic carbocycles. The number of rotatable bonds is 8. The molecule has 3 N–H and O–H groups in total. The maximum absolute atomic E-state index is 12.8. The normalized spacial score (nSPS) is 10.8. The van der Waals surface area contributed by atoms with Gasteiger partial charge in [-0.2, -0.15) is 0 Å². The van der Waals surface area contributed by atoms with Gasteiger partial charge in [-0.15, -0.1) is 12.4 Å². The lowest BCUT2D eigenvalue weighted by Gasteiger charge is -2.23. The minimum absolute atomic E-state index is 0. The lowest BCUT2D eigenvalue weighted by molar-refractivity contribution is 0.0742. The Labute approximate surface area is 160 Å². The van der Waals surface area contributed by atoms with Gasteiger partial charge in [0.15, 0.2) is 0 Å². The molecule has 0 aliphatic carbocycles. The Morgan fingerprint density at radius 2 is 1.69 bits per heavy atom. The first-order valence-corrected chi connectivity index (χ1v) is 9.53. The minimum Gasteiger partial charge on any atom is -0.334 e. The molecule has 0 saturated heterocycles. The van der Waals surface area contributed by atoms with Gasteiger partial charge in [0, 0.05) is 18.7 Å². The number of nitrogens with zero attached hydrogens (tertiary/aromatic N) is 1. The fraction of sp³-hybridized carbons (Fsp3) is 0.278. The van der Waals surface area contributed by atoms with Gasteiger partial charge in [-0.05, 0) is 49.8 Å². The fourth-order valence-electron chi connectivity index (χ4n) is 2.42. The molecule has 26 heavy (non-hydrogen) atoms. The summed E-state index contributed by atoms with van der Waals surface area (Å²) in [7, 11) is -2.17. The van der Waals surface area contributed by atoms with E-state index in [1.807, 2.05) is 30.3 Å². The molecule has 2 rings (SSSR count). The van der Waals surface area contributed by atoms with E-state index in [0.29, 0.717) is 31.6 Å². The third-order valence-corrected chi connectivity index (χ3v) is 5.25. The van der Waals surface area contributed by atoms with Crippen molar-refractivity contribution in [2.45, 2.75) is 17.9 Å². The molecule has 0 aliphatic heterocycles. The Bertz CT molecular complexity index is 796. The summed E-state index contributed by atoms with van der Waals surface area (Å²) in [5, 5.41) is 0. The molecule has 2 aromatic rings. The molecule has 6 nitrogen and oxygen atoms in total. The van der Waals surface area contributed by atoms with E-state index in [1.165, 1.54) is 31.3 Å². The Morgan fingerprint density at radius 3 is 2.23 bits per heavy atom. The molecule has 0 spiro atoms. The minimum atomic E-state index is -3.52. The largest absolute Gasteiger partial charge is 0.334 e. The van der Waals surface area contributed by atoms with Gasteiger partial charge in [0.25, 0.3) is 5.91 Å². The van der Waals surface area contributed by atoms with Crippen molar-refractivity contribution in [3.8, 4) is 0 Å². The highest BCUT2D eigenvalue weighted by Crippen LogP contribution is 2.14. The molecule has 0 fully saturated rings. The van der Waals surface area contributed by atoms with E-state index in [2.05, 4.69) is 4.72 Å². The van der Waals surface area contributed by atoms with Crippen LogP contribution in [0.1, 0.15) is 22.3 Å². The summed E-state index contributed by atoms with van der Waals surface area (Å²) < 4.78 is 25.8. The van der Waals surface area contributed by atoms with Crippen molar-refractivity contribution in [2.24, 2.45) is 5.73 Å². The first-order valence-electron chi connectivity index (χ1n) is 8.05. The van der Waals surface area contributed by atoms with E-state index >= 15 is 0 Å². The predicted molar refractivity (Wildman–Crippen MR) is 105 cm³/mol. The Kier molecular flexibility index (Phi) is 8.74. The zero-order chi connectivity index (χ0) is 18.3. The standard InChI is InChI=1S/C18H23N3O3S.ClH/c1-20-25(23,24)17-10-8-16(9-11-17)18(22)21(13-5-12-19)14-15-6-3-2-4-7-15;/h2-4,6-11,20H,5,12-14,19H2,1H3;1H. The van der Waals surface area contributed by atoms with Crippen LogP contribution in [0.15, 0.2) is 59.5 Å². The maximum atomic E-state index is 12.8. The molecule has 1 amide bonds. The van der Waals surface area contributed by atoms with Gasteiger partial charge in [-0.25, -0.2) is 13.1 Å². The van der Waals surface area contributed by atoms with Crippen LogP contribution in [-0.2, 0) is 16.6 Å². The SMILES string of the molecule is CNS(=O)(=O)c1ccc(C(=O)N(CCCN)Cc2ccccc2)cc1.Cl. The maximum Gasteiger partial charge on any atom is 0.254 e. The number of carbonyl (C=O) groups excluding carboxylic acids is 1. The number of benzene rings is 2. The summed E-state index contributed by atoms with van der Waals surface area (Å²) in [5.41, 5.74) is 7.06. The molecule has 0 unspecified atom stereocenters. The number of amides is 1. The monoisotopic (exact) mass is 397 g/mol. The van der Waals surface area contributed by atoms with Crippen molar-refractivity contribution in [3.63, 3.8) is 0 Å². The highest BCUT2D eigenvalue weighted by atomic mass is 35.5. The number of carbonyl (C=O) groups is 1. The van der Waals surface area contributed by atoms with Gasteiger partial charge < -0.3 is 10.6 Å². The topological polar surface area (TPSA) is 92.5 Å². The third-order valence-electron chi connectivity index (χ3n) is 3.82. The fourth-order valence-corrected chi connectivity index (χ4v) is 3.15.